The van der Waals surface area contributed by atoms with Gasteiger partial charge in [-0.25, -0.2) is 0 Å². The molecular formula is C11H21NO2S. The van der Waals surface area contributed by atoms with Crippen LogP contribution in [0.15, 0.2) is 0 Å². The number of carboxylic acid groups (broad SMARTS) is 1. The van der Waals surface area contributed by atoms with Crippen LogP contribution in [0.2, 0.25) is 0 Å². The zero-order valence-electron chi connectivity index (χ0n) is 9.53. The average molecular weight is 231 g/mol. The number of thioether (sulfide) groups is 1. The fourth-order valence-electron chi connectivity index (χ4n) is 1.98. The molecule has 1 saturated carbocycles. The fourth-order valence-corrected chi connectivity index (χ4v) is 2.80. The Labute approximate surface area is 96.0 Å². The van der Waals surface area contributed by atoms with E-state index in [0.29, 0.717) is 12.6 Å². The van der Waals surface area contributed by atoms with E-state index in [4.69, 9.17) is 5.11 Å². The number of aliphatic carboxylic acids is 1. The van der Waals surface area contributed by atoms with Crippen LogP contribution in [-0.2, 0) is 4.79 Å². The van der Waals surface area contributed by atoms with Gasteiger partial charge in [0.05, 0.1) is 5.92 Å². The Hall–Kier alpha value is -0.220. The predicted octanol–water partition coefficient (Wildman–Crippen LogP) is 1.97. The van der Waals surface area contributed by atoms with Crippen LogP contribution in [0, 0.1) is 5.92 Å². The number of rotatable bonds is 5. The lowest BCUT2D eigenvalue weighted by molar-refractivity contribution is -0.141. The molecule has 0 spiro atoms. The molecule has 0 aromatic heterocycles. The first-order valence-corrected chi connectivity index (χ1v) is 6.91. The van der Waals surface area contributed by atoms with E-state index in [1.165, 1.54) is 25.7 Å². The van der Waals surface area contributed by atoms with E-state index in [9.17, 15) is 4.79 Å². The third-order valence-electron chi connectivity index (χ3n) is 3.09. The normalized spacial score (nSPS) is 28.7. The summed E-state index contributed by atoms with van der Waals surface area (Å²) in [5, 5.41) is 12.9. The highest BCUT2D eigenvalue weighted by Gasteiger charge is 2.22. The van der Waals surface area contributed by atoms with Crippen molar-refractivity contribution >= 4 is 17.7 Å². The maximum atomic E-state index is 10.6. The second kappa shape index (κ2) is 6.38. The summed E-state index contributed by atoms with van der Waals surface area (Å²) in [5.41, 5.74) is 0. The second-order valence-corrected chi connectivity index (χ2v) is 5.51. The molecule has 2 N–H and O–H groups in total. The minimum absolute atomic E-state index is 0.278. The van der Waals surface area contributed by atoms with E-state index < -0.39 is 5.97 Å². The molecule has 0 aromatic rings. The van der Waals surface area contributed by atoms with Crippen LogP contribution >= 0.6 is 11.8 Å². The quantitative estimate of drug-likeness (QED) is 0.759. The van der Waals surface area contributed by atoms with E-state index in [1.807, 2.05) is 11.8 Å². The highest BCUT2D eigenvalue weighted by Crippen LogP contribution is 2.26. The summed E-state index contributed by atoms with van der Waals surface area (Å²) in [6.45, 7) is 2.35. The van der Waals surface area contributed by atoms with E-state index in [1.54, 1.807) is 6.92 Å². The molecule has 88 valence electrons. The van der Waals surface area contributed by atoms with Crippen molar-refractivity contribution in [3.63, 3.8) is 0 Å². The van der Waals surface area contributed by atoms with Gasteiger partial charge in [0, 0.05) is 17.8 Å². The first-order valence-electron chi connectivity index (χ1n) is 5.62. The first kappa shape index (κ1) is 12.8. The van der Waals surface area contributed by atoms with Crippen molar-refractivity contribution < 1.29 is 9.90 Å². The second-order valence-electron chi connectivity index (χ2n) is 4.37. The lowest BCUT2D eigenvalue weighted by atomic mass is 9.94. The third kappa shape index (κ3) is 4.43. The van der Waals surface area contributed by atoms with Gasteiger partial charge in [0.1, 0.15) is 0 Å². The lowest BCUT2D eigenvalue weighted by Gasteiger charge is -2.29. The highest BCUT2D eigenvalue weighted by atomic mass is 32.2. The van der Waals surface area contributed by atoms with E-state index in [-0.39, 0.29) is 5.92 Å². The number of hydrogen-bond donors (Lipinski definition) is 2. The molecule has 0 saturated heterocycles. The summed E-state index contributed by atoms with van der Waals surface area (Å²) in [6, 6.07) is 0.526. The standard InChI is InChI=1S/C11H21NO2S/c1-8(11(13)14)7-12-9-4-3-5-10(6-9)15-2/h8-10,12H,3-7H2,1-2H3,(H,13,14). The summed E-state index contributed by atoms with van der Waals surface area (Å²) in [4.78, 5) is 10.6. The van der Waals surface area contributed by atoms with Crippen molar-refractivity contribution in [2.24, 2.45) is 5.92 Å². The van der Waals surface area contributed by atoms with Crippen molar-refractivity contribution in [2.75, 3.05) is 12.8 Å². The van der Waals surface area contributed by atoms with Gasteiger partial charge in [0.2, 0.25) is 0 Å². The summed E-state index contributed by atoms with van der Waals surface area (Å²) >= 11 is 1.93. The molecule has 0 radical (unpaired) electrons. The number of hydrogen-bond acceptors (Lipinski definition) is 3. The molecule has 3 unspecified atom stereocenters. The summed E-state index contributed by atoms with van der Waals surface area (Å²) in [6.07, 6.45) is 7.13. The van der Waals surface area contributed by atoms with Crippen LogP contribution in [-0.4, -0.2) is 35.2 Å². The summed E-state index contributed by atoms with van der Waals surface area (Å²) < 4.78 is 0. The molecule has 0 bridgehead atoms. The molecule has 0 amide bonds. The van der Waals surface area contributed by atoms with Gasteiger partial charge in [-0.2, -0.15) is 11.8 Å². The third-order valence-corrected chi connectivity index (χ3v) is 4.19. The van der Waals surface area contributed by atoms with Gasteiger partial charge < -0.3 is 10.4 Å². The monoisotopic (exact) mass is 231 g/mol. The number of nitrogens with one attached hydrogen (secondary N) is 1. The van der Waals surface area contributed by atoms with Gasteiger partial charge in [-0.1, -0.05) is 13.3 Å². The maximum absolute atomic E-state index is 10.6. The Morgan fingerprint density at radius 3 is 2.93 bits per heavy atom. The Morgan fingerprint density at radius 1 is 1.60 bits per heavy atom. The van der Waals surface area contributed by atoms with Crippen LogP contribution in [0.3, 0.4) is 0 Å². The lowest BCUT2D eigenvalue weighted by Crippen LogP contribution is -2.38. The molecule has 3 atom stereocenters. The van der Waals surface area contributed by atoms with Gasteiger partial charge in [-0.05, 0) is 25.5 Å². The molecular weight excluding hydrogens is 210 g/mol. The van der Waals surface area contributed by atoms with Crippen LogP contribution in [0.25, 0.3) is 0 Å². The average Bonchev–Trinajstić information content (AvgIpc) is 2.26. The largest absolute Gasteiger partial charge is 0.481 e. The van der Waals surface area contributed by atoms with E-state index >= 15 is 0 Å². The summed E-state index contributed by atoms with van der Waals surface area (Å²) in [5.74, 6) is -0.987. The van der Waals surface area contributed by atoms with Crippen LogP contribution in [0.5, 0.6) is 0 Å². The SMILES string of the molecule is CSC1CCCC(NCC(C)C(=O)O)C1. The Balaban J connectivity index is 2.23. The molecule has 1 rings (SSSR count). The van der Waals surface area contributed by atoms with Gasteiger partial charge in [0.25, 0.3) is 0 Å². The molecule has 0 aliphatic heterocycles. The van der Waals surface area contributed by atoms with Gasteiger partial charge >= 0.3 is 5.97 Å². The zero-order chi connectivity index (χ0) is 11.3. The van der Waals surface area contributed by atoms with Crippen molar-refractivity contribution in [1.82, 2.24) is 5.32 Å². The van der Waals surface area contributed by atoms with E-state index in [2.05, 4.69) is 11.6 Å². The van der Waals surface area contributed by atoms with Gasteiger partial charge in [-0.15, -0.1) is 0 Å². The van der Waals surface area contributed by atoms with Crippen molar-refractivity contribution in [3.8, 4) is 0 Å². The topological polar surface area (TPSA) is 49.3 Å². The van der Waals surface area contributed by atoms with Crippen molar-refractivity contribution in [1.29, 1.82) is 0 Å². The Kier molecular flexibility index (Phi) is 5.47. The molecule has 15 heavy (non-hydrogen) atoms. The Bertz CT molecular complexity index is 211. The van der Waals surface area contributed by atoms with Gasteiger partial charge in [0.15, 0.2) is 0 Å². The number of carboxylic acids is 1. The number of carbonyl (C=O) groups is 1. The molecule has 0 heterocycles. The van der Waals surface area contributed by atoms with Gasteiger partial charge in [-0.3, -0.25) is 4.79 Å². The predicted molar refractivity (Wildman–Crippen MR) is 64.4 cm³/mol. The van der Waals surface area contributed by atoms with E-state index in [0.717, 1.165) is 5.25 Å². The summed E-state index contributed by atoms with van der Waals surface area (Å²) in [7, 11) is 0. The highest BCUT2D eigenvalue weighted by molar-refractivity contribution is 7.99. The Morgan fingerprint density at radius 2 is 2.33 bits per heavy atom. The van der Waals surface area contributed by atoms with Crippen molar-refractivity contribution in [2.45, 2.75) is 43.9 Å². The first-order chi connectivity index (χ1) is 7.13. The van der Waals surface area contributed by atoms with Crippen LogP contribution < -0.4 is 5.32 Å². The van der Waals surface area contributed by atoms with Crippen molar-refractivity contribution in [3.05, 3.63) is 0 Å². The van der Waals surface area contributed by atoms with Crippen LogP contribution in [0.1, 0.15) is 32.6 Å². The minimum atomic E-state index is -0.709. The molecule has 4 heteroatoms. The molecule has 3 nitrogen and oxygen atoms in total. The molecule has 1 aliphatic rings. The maximum Gasteiger partial charge on any atom is 0.307 e. The zero-order valence-corrected chi connectivity index (χ0v) is 10.3. The smallest absolute Gasteiger partial charge is 0.307 e. The molecule has 1 fully saturated rings. The fraction of sp³-hybridized carbons (Fsp3) is 0.909. The van der Waals surface area contributed by atoms with Crippen LogP contribution in [0.4, 0.5) is 0 Å². The molecule has 0 aromatic carbocycles. The minimum Gasteiger partial charge on any atom is -0.481 e. The molecule has 1 aliphatic carbocycles.